The van der Waals surface area contributed by atoms with Crippen LogP contribution in [0.5, 0.6) is 0 Å². The lowest BCUT2D eigenvalue weighted by atomic mass is 9.85. The van der Waals surface area contributed by atoms with Gasteiger partial charge in [0.05, 0.1) is 6.04 Å². The minimum atomic E-state index is -0.231. The first-order chi connectivity index (χ1) is 13.6. The number of halogens is 1. The van der Waals surface area contributed by atoms with E-state index in [4.69, 9.17) is 0 Å². The van der Waals surface area contributed by atoms with Crippen molar-refractivity contribution >= 4 is 11.7 Å². The van der Waals surface area contributed by atoms with Gasteiger partial charge in [-0.3, -0.25) is 4.79 Å². The molecule has 1 aromatic carbocycles. The Balaban J connectivity index is 1.38. The fourth-order valence-corrected chi connectivity index (χ4v) is 4.70. The zero-order valence-electron chi connectivity index (χ0n) is 16.4. The van der Waals surface area contributed by atoms with E-state index in [0.29, 0.717) is 12.0 Å². The average Bonchev–Trinajstić information content (AvgIpc) is 3.11. The van der Waals surface area contributed by atoms with Crippen molar-refractivity contribution in [1.82, 2.24) is 9.88 Å². The van der Waals surface area contributed by atoms with Crippen LogP contribution in [0.2, 0.25) is 0 Å². The predicted molar refractivity (Wildman–Crippen MR) is 108 cm³/mol. The van der Waals surface area contributed by atoms with E-state index in [0.717, 1.165) is 50.0 Å². The molecule has 0 spiro atoms. The zero-order valence-corrected chi connectivity index (χ0v) is 16.4. The monoisotopic (exact) mass is 381 g/mol. The number of pyridine rings is 1. The molecule has 1 saturated heterocycles. The Morgan fingerprint density at radius 2 is 1.96 bits per heavy atom. The van der Waals surface area contributed by atoms with Crippen LogP contribution in [-0.2, 0) is 4.79 Å². The van der Waals surface area contributed by atoms with E-state index in [9.17, 15) is 9.18 Å². The Kier molecular flexibility index (Phi) is 5.60. The minimum absolute atomic E-state index is 0.00238. The van der Waals surface area contributed by atoms with Gasteiger partial charge in [0.1, 0.15) is 11.6 Å². The Morgan fingerprint density at radius 1 is 1.14 bits per heavy atom. The van der Waals surface area contributed by atoms with Gasteiger partial charge >= 0.3 is 0 Å². The molecule has 1 aliphatic carbocycles. The molecule has 1 amide bonds. The molecule has 2 unspecified atom stereocenters. The third-order valence-corrected chi connectivity index (χ3v) is 6.12. The fraction of sp³-hybridized carbons (Fsp3) is 0.478. The molecule has 4 nitrogen and oxygen atoms in total. The molecule has 1 aliphatic heterocycles. The van der Waals surface area contributed by atoms with Crippen LogP contribution >= 0.6 is 0 Å². The molecular weight excluding hydrogens is 353 g/mol. The highest BCUT2D eigenvalue weighted by atomic mass is 19.1. The minimum Gasteiger partial charge on any atom is -0.367 e. The normalized spacial score (nSPS) is 27.6. The van der Waals surface area contributed by atoms with Crippen LogP contribution in [0.15, 0.2) is 48.7 Å². The van der Waals surface area contributed by atoms with Gasteiger partial charge in [-0.15, -0.1) is 0 Å². The van der Waals surface area contributed by atoms with Gasteiger partial charge in [0.15, 0.2) is 0 Å². The third kappa shape index (κ3) is 4.18. The summed E-state index contributed by atoms with van der Waals surface area (Å²) in [6, 6.07) is 13.0. The quantitative estimate of drug-likeness (QED) is 0.827. The van der Waals surface area contributed by atoms with E-state index in [1.165, 1.54) is 6.07 Å². The molecule has 5 heteroatoms. The molecule has 4 rings (SSSR count). The zero-order chi connectivity index (χ0) is 19.5. The van der Waals surface area contributed by atoms with E-state index in [1.807, 2.05) is 29.2 Å². The Labute approximate surface area is 166 Å². The summed E-state index contributed by atoms with van der Waals surface area (Å²) in [5.74, 6) is 1.43. The molecule has 1 saturated carbocycles. The number of nitrogens with one attached hydrogen (secondary N) is 1. The Morgan fingerprint density at radius 3 is 2.68 bits per heavy atom. The van der Waals surface area contributed by atoms with Crippen molar-refractivity contribution < 1.29 is 9.18 Å². The van der Waals surface area contributed by atoms with Crippen molar-refractivity contribution in [2.45, 2.75) is 51.1 Å². The first-order valence-electron chi connectivity index (χ1n) is 10.3. The molecule has 1 aromatic heterocycles. The van der Waals surface area contributed by atoms with Crippen molar-refractivity contribution in [3.63, 3.8) is 0 Å². The van der Waals surface area contributed by atoms with Gasteiger partial charge in [-0.05, 0) is 67.9 Å². The van der Waals surface area contributed by atoms with Crippen LogP contribution in [0.1, 0.15) is 50.6 Å². The highest BCUT2D eigenvalue weighted by molar-refractivity contribution is 5.80. The second-order valence-corrected chi connectivity index (χ2v) is 8.31. The van der Waals surface area contributed by atoms with E-state index < -0.39 is 0 Å². The van der Waals surface area contributed by atoms with Gasteiger partial charge in [-0.25, -0.2) is 9.37 Å². The van der Waals surface area contributed by atoms with Crippen molar-refractivity contribution in [2.75, 3.05) is 11.9 Å². The first-order valence-corrected chi connectivity index (χ1v) is 10.3. The summed E-state index contributed by atoms with van der Waals surface area (Å²) in [7, 11) is 0. The highest BCUT2D eigenvalue weighted by Crippen LogP contribution is 2.38. The third-order valence-electron chi connectivity index (χ3n) is 6.12. The molecule has 1 N–H and O–H groups in total. The fourth-order valence-electron chi connectivity index (χ4n) is 4.70. The molecule has 2 aromatic rings. The standard InChI is InChI=1S/C23H28FN3O/c1-16-13-21(18-5-4-6-19(24)14-18)27(15-16)23(28)17-8-10-20(11-9-17)26-22-7-2-3-12-25-22/h2-7,12,14,16-17,20-21H,8-11,13,15H2,1H3,(H,25,26). The maximum atomic E-state index is 13.7. The lowest BCUT2D eigenvalue weighted by Crippen LogP contribution is -2.39. The number of likely N-dealkylation sites (tertiary alicyclic amines) is 1. The number of carbonyl (C=O) groups is 1. The molecular formula is C23H28FN3O. The molecule has 2 atom stereocenters. The van der Waals surface area contributed by atoms with Gasteiger partial charge in [-0.2, -0.15) is 0 Å². The van der Waals surface area contributed by atoms with E-state index in [1.54, 1.807) is 18.3 Å². The maximum absolute atomic E-state index is 13.7. The predicted octanol–water partition coefficient (Wildman–Crippen LogP) is 4.80. The molecule has 0 radical (unpaired) electrons. The largest absolute Gasteiger partial charge is 0.367 e. The SMILES string of the molecule is CC1CC(c2cccc(F)c2)N(C(=O)C2CCC(Nc3ccccn3)CC2)C1. The van der Waals surface area contributed by atoms with Crippen molar-refractivity contribution in [1.29, 1.82) is 0 Å². The molecule has 2 aliphatic rings. The summed E-state index contributed by atoms with van der Waals surface area (Å²) < 4.78 is 13.7. The van der Waals surface area contributed by atoms with E-state index in [-0.39, 0.29) is 23.7 Å². The lowest BCUT2D eigenvalue weighted by molar-refractivity contribution is -0.137. The number of hydrogen-bond acceptors (Lipinski definition) is 3. The van der Waals surface area contributed by atoms with Crippen molar-refractivity contribution in [3.8, 4) is 0 Å². The molecule has 2 fully saturated rings. The molecule has 0 bridgehead atoms. The smallest absolute Gasteiger partial charge is 0.226 e. The summed E-state index contributed by atoms with van der Waals surface area (Å²) in [6.45, 7) is 2.94. The van der Waals surface area contributed by atoms with Crippen molar-refractivity contribution in [2.24, 2.45) is 11.8 Å². The van der Waals surface area contributed by atoms with Crippen LogP contribution in [0.25, 0.3) is 0 Å². The summed E-state index contributed by atoms with van der Waals surface area (Å²) in [4.78, 5) is 19.6. The Bertz CT molecular complexity index is 805. The van der Waals surface area contributed by atoms with Crippen LogP contribution in [-0.4, -0.2) is 28.4 Å². The van der Waals surface area contributed by atoms with Gasteiger partial charge < -0.3 is 10.2 Å². The number of rotatable bonds is 4. The van der Waals surface area contributed by atoms with E-state index >= 15 is 0 Å². The summed E-state index contributed by atoms with van der Waals surface area (Å²) >= 11 is 0. The van der Waals surface area contributed by atoms with Crippen molar-refractivity contribution in [3.05, 3.63) is 60.0 Å². The highest BCUT2D eigenvalue weighted by Gasteiger charge is 2.38. The maximum Gasteiger partial charge on any atom is 0.226 e. The van der Waals surface area contributed by atoms with Crippen LogP contribution in [0.3, 0.4) is 0 Å². The first kappa shape index (κ1) is 18.9. The topological polar surface area (TPSA) is 45.2 Å². The molecule has 2 heterocycles. The molecule has 148 valence electrons. The summed E-state index contributed by atoms with van der Waals surface area (Å²) in [5, 5.41) is 3.48. The number of benzene rings is 1. The van der Waals surface area contributed by atoms with Gasteiger partial charge in [0.25, 0.3) is 0 Å². The van der Waals surface area contributed by atoms with Crippen LogP contribution in [0, 0.1) is 17.7 Å². The number of amides is 1. The van der Waals surface area contributed by atoms with E-state index in [2.05, 4.69) is 17.2 Å². The lowest BCUT2D eigenvalue weighted by Gasteiger charge is -2.33. The van der Waals surface area contributed by atoms with Crippen LogP contribution in [0.4, 0.5) is 10.2 Å². The average molecular weight is 381 g/mol. The number of carbonyl (C=O) groups excluding carboxylic acids is 1. The number of nitrogens with zero attached hydrogens (tertiary/aromatic N) is 2. The Hall–Kier alpha value is -2.43. The number of anilines is 1. The summed E-state index contributed by atoms with van der Waals surface area (Å²) in [5.41, 5.74) is 0.920. The second kappa shape index (κ2) is 8.29. The van der Waals surface area contributed by atoms with Gasteiger partial charge in [0.2, 0.25) is 5.91 Å². The van der Waals surface area contributed by atoms with Crippen LogP contribution < -0.4 is 5.32 Å². The van der Waals surface area contributed by atoms with Gasteiger partial charge in [0, 0.05) is 24.7 Å². The second-order valence-electron chi connectivity index (χ2n) is 8.31. The number of aromatic nitrogens is 1. The summed E-state index contributed by atoms with van der Waals surface area (Å²) in [6.07, 6.45) is 6.43. The molecule has 28 heavy (non-hydrogen) atoms. The number of hydrogen-bond donors (Lipinski definition) is 1. The van der Waals surface area contributed by atoms with Gasteiger partial charge in [-0.1, -0.05) is 25.1 Å².